The zero-order valence-electron chi connectivity index (χ0n) is 12.6. The third-order valence-electron chi connectivity index (χ3n) is 3.24. The highest BCUT2D eigenvalue weighted by Crippen LogP contribution is 2.33. The van der Waals surface area contributed by atoms with Gasteiger partial charge in [-0.3, -0.25) is 4.79 Å². The molecule has 0 saturated carbocycles. The van der Waals surface area contributed by atoms with Gasteiger partial charge in [-0.15, -0.1) is 0 Å². The Hall–Kier alpha value is -0.990. The summed E-state index contributed by atoms with van der Waals surface area (Å²) in [4.78, 5) is 17.6. The van der Waals surface area contributed by atoms with Gasteiger partial charge in [0.1, 0.15) is 5.03 Å². The van der Waals surface area contributed by atoms with Gasteiger partial charge < -0.3 is 9.64 Å². The van der Waals surface area contributed by atoms with Crippen molar-refractivity contribution in [2.24, 2.45) is 0 Å². The first-order valence-corrected chi connectivity index (χ1v) is 8.32. The van der Waals surface area contributed by atoms with Crippen LogP contribution in [0.2, 0.25) is 5.02 Å². The lowest BCUT2D eigenvalue weighted by atomic mass is 10.2. The highest BCUT2D eigenvalue weighted by atomic mass is 35.5. The molecular weight excluding hydrogens is 353 g/mol. The average molecular weight is 369 g/mol. The Bertz CT molecular complexity index is 576. The monoisotopic (exact) mass is 368 g/mol. The molecule has 2 rings (SSSR count). The summed E-state index contributed by atoms with van der Waals surface area (Å²) in [7, 11) is 0. The van der Waals surface area contributed by atoms with Crippen molar-refractivity contribution in [1.29, 1.82) is 0 Å². The van der Waals surface area contributed by atoms with Crippen molar-refractivity contribution in [3.63, 3.8) is 0 Å². The first-order valence-electron chi connectivity index (χ1n) is 6.95. The summed E-state index contributed by atoms with van der Waals surface area (Å²) in [6, 6.07) is 0.820. The maximum absolute atomic E-state index is 12.6. The molecule has 1 aromatic heterocycles. The predicted molar refractivity (Wildman–Crippen MR) is 81.6 cm³/mol. The zero-order valence-corrected chi connectivity index (χ0v) is 14.1. The lowest BCUT2D eigenvalue weighted by molar-refractivity contribution is -0.140. The van der Waals surface area contributed by atoms with Crippen LogP contribution in [-0.2, 0) is 15.7 Å². The lowest BCUT2D eigenvalue weighted by Crippen LogP contribution is -2.48. The summed E-state index contributed by atoms with van der Waals surface area (Å²) in [6.45, 7) is 4.77. The van der Waals surface area contributed by atoms with E-state index in [9.17, 15) is 18.0 Å². The average Bonchev–Trinajstić information content (AvgIpc) is 2.43. The molecule has 0 aliphatic carbocycles. The number of aromatic nitrogens is 1. The van der Waals surface area contributed by atoms with E-state index < -0.39 is 11.7 Å². The molecule has 128 valence electrons. The van der Waals surface area contributed by atoms with Crippen LogP contribution in [0.4, 0.5) is 13.2 Å². The minimum atomic E-state index is -4.49. The summed E-state index contributed by atoms with van der Waals surface area (Å²) >= 11 is 6.85. The van der Waals surface area contributed by atoms with Crippen LogP contribution >= 0.6 is 23.4 Å². The van der Waals surface area contributed by atoms with Crippen LogP contribution < -0.4 is 0 Å². The highest BCUT2D eigenvalue weighted by molar-refractivity contribution is 8.00. The summed E-state index contributed by atoms with van der Waals surface area (Å²) in [6.07, 6.45) is -3.85. The SMILES string of the molecule is C[C@@H]1CN(C(=O)CSc2ncc(C(F)(F)F)cc2Cl)C[C@H](C)O1. The molecule has 2 heterocycles. The molecule has 0 spiro atoms. The van der Waals surface area contributed by atoms with E-state index in [0.29, 0.717) is 13.1 Å². The molecule has 1 saturated heterocycles. The van der Waals surface area contributed by atoms with E-state index in [1.54, 1.807) is 4.90 Å². The number of nitrogens with zero attached hydrogens (tertiary/aromatic N) is 2. The molecule has 0 unspecified atom stereocenters. The van der Waals surface area contributed by atoms with Gasteiger partial charge in [-0.2, -0.15) is 13.2 Å². The molecule has 4 nitrogen and oxygen atoms in total. The van der Waals surface area contributed by atoms with Gasteiger partial charge in [0.2, 0.25) is 5.91 Å². The molecule has 0 N–H and O–H groups in total. The number of halogens is 4. The Morgan fingerprint density at radius 1 is 1.43 bits per heavy atom. The summed E-state index contributed by atoms with van der Waals surface area (Å²) < 4.78 is 43.2. The van der Waals surface area contributed by atoms with E-state index in [1.165, 1.54) is 0 Å². The molecule has 1 aliphatic rings. The van der Waals surface area contributed by atoms with Crippen molar-refractivity contribution < 1.29 is 22.7 Å². The number of hydrogen-bond donors (Lipinski definition) is 0. The lowest BCUT2D eigenvalue weighted by Gasteiger charge is -2.35. The van der Waals surface area contributed by atoms with E-state index in [1.807, 2.05) is 13.8 Å². The van der Waals surface area contributed by atoms with Crippen LogP contribution in [0.5, 0.6) is 0 Å². The zero-order chi connectivity index (χ0) is 17.2. The molecule has 2 atom stereocenters. The van der Waals surface area contributed by atoms with Gasteiger partial charge in [-0.1, -0.05) is 23.4 Å². The fourth-order valence-corrected chi connectivity index (χ4v) is 3.39. The maximum atomic E-state index is 12.6. The van der Waals surface area contributed by atoms with Crippen molar-refractivity contribution in [3.05, 3.63) is 22.8 Å². The van der Waals surface area contributed by atoms with Gasteiger partial charge in [-0.25, -0.2) is 4.98 Å². The van der Waals surface area contributed by atoms with E-state index in [2.05, 4.69) is 4.98 Å². The van der Waals surface area contributed by atoms with Gasteiger partial charge in [0.15, 0.2) is 0 Å². The van der Waals surface area contributed by atoms with Crippen LogP contribution in [0.1, 0.15) is 19.4 Å². The third-order valence-corrected chi connectivity index (χ3v) is 4.63. The van der Waals surface area contributed by atoms with E-state index >= 15 is 0 Å². The van der Waals surface area contributed by atoms with Gasteiger partial charge in [-0.05, 0) is 19.9 Å². The predicted octanol–water partition coefficient (Wildman–Crippen LogP) is 3.48. The largest absolute Gasteiger partial charge is 0.417 e. The third kappa shape index (κ3) is 4.99. The standard InChI is InChI=1S/C14H16ClF3N2O2S/c1-8-5-20(6-9(2)22-8)12(21)7-23-13-11(15)3-10(4-19-13)14(16,17)18/h3-4,8-9H,5-7H2,1-2H3/t8-,9+. The smallest absolute Gasteiger partial charge is 0.372 e. The Labute approximate surface area is 141 Å². The topological polar surface area (TPSA) is 42.4 Å². The summed E-state index contributed by atoms with van der Waals surface area (Å²) in [5, 5.41) is 0.101. The molecule has 1 aromatic rings. The summed E-state index contributed by atoms with van der Waals surface area (Å²) in [5.74, 6) is -0.0490. The number of thioether (sulfide) groups is 1. The molecule has 0 radical (unpaired) electrons. The molecule has 0 aromatic carbocycles. The number of hydrogen-bond acceptors (Lipinski definition) is 4. The Kier molecular flexibility index (Phi) is 5.80. The minimum Gasteiger partial charge on any atom is -0.372 e. The number of carbonyl (C=O) groups excluding carboxylic acids is 1. The van der Waals surface area contributed by atoms with Crippen LogP contribution in [0.3, 0.4) is 0 Å². The van der Waals surface area contributed by atoms with E-state index in [4.69, 9.17) is 16.3 Å². The number of alkyl halides is 3. The van der Waals surface area contributed by atoms with Crippen LogP contribution in [0.15, 0.2) is 17.3 Å². The second kappa shape index (κ2) is 7.27. The van der Waals surface area contributed by atoms with Crippen molar-refractivity contribution in [2.75, 3.05) is 18.8 Å². The fourth-order valence-electron chi connectivity index (χ4n) is 2.29. The van der Waals surface area contributed by atoms with E-state index in [-0.39, 0.29) is 33.9 Å². The first-order chi connectivity index (χ1) is 10.7. The molecular formula is C14H16ClF3N2O2S. The van der Waals surface area contributed by atoms with Gasteiger partial charge in [0, 0.05) is 19.3 Å². The first kappa shape index (κ1) is 18.4. The number of amides is 1. The van der Waals surface area contributed by atoms with Crippen LogP contribution in [-0.4, -0.2) is 46.8 Å². The van der Waals surface area contributed by atoms with Gasteiger partial charge >= 0.3 is 6.18 Å². The van der Waals surface area contributed by atoms with Gasteiger partial charge in [0.05, 0.1) is 28.5 Å². The second-order valence-electron chi connectivity index (χ2n) is 5.35. The normalized spacial score (nSPS) is 22.3. The van der Waals surface area contributed by atoms with Crippen LogP contribution in [0, 0.1) is 0 Å². The Morgan fingerprint density at radius 3 is 2.57 bits per heavy atom. The van der Waals surface area contributed by atoms with Crippen molar-refractivity contribution >= 4 is 29.3 Å². The second-order valence-corrected chi connectivity index (χ2v) is 6.72. The quantitative estimate of drug-likeness (QED) is 0.766. The van der Waals surface area contributed by atoms with Crippen molar-refractivity contribution in [1.82, 2.24) is 9.88 Å². The number of morpholine rings is 1. The number of rotatable bonds is 3. The molecule has 9 heteroatoms. The van der Waals surface area contributed by atoms with E-state index in [0.717, 1.165) is 24.0 Å². The molecule has 1 aliphatic heterocycles. The number of carbonyl (C=O) groups is 1. The van der Waals surface area contributed by atoms with Gasteiger partial charge in [0.25, 0.3) is 0 Å². The van der Waals surface area contributed by atoms with Crippen molar-refractivity contribution in [2.45, 2.75) is 37.3 Å². The maximum Gasteiger partial charge on any atom is 0.417 e. The molecule has 1 fully saturated rings. The Morgan fingerprint density at radius 2 is 2.04 bits per heavy atom. The fraction of sp³-hybridized carbons (Fsp3) is 0.571. The molecule has 1 amide bonds. The Balaban J connectivity index is 1.96. The minimum absolute atomic E-state index is 0.0412. The van der Waals surface area contributed by atoms with Crippen LogP contribution in [0.25, 0.3) is 0 Å². The number of pyridine rings is 1. The number of ether oxygens (including phenoxy) is 1. The van der Waals surface area contributed by atoms with Crippen molar-refractivity contribution in [3.8, 4) is 0 Å². The summed E-state index contributed by atoms with van der Waals surface area (Å²) in [5.41, 5.74) is -0.908. The highest BCUT2D eigenvalue weighted by Gasteiger charge is 2.32. The molecule has 0 bridgehead atoms. The molecule has 23 heavy (non-hydrogen) atoms.